The Morgan fingerprint density at radius 2 is 1.65 bits per heavy atom. The minimum absolute atomic E-state index is 0.0310. The van der Waals surface area contributed by atoms with Crippen LogP contribution in [-0.4, -0.2) is 51.8 Å². The Morgan fingerprint density at radius 3 is 2.19 bits per heavy atom. The van der Waals surface area contributed by atoms with Crippen LogP contribution in [0.25, 0.3) is 11.1 Å². The average Bonchev–Trinajstić information content (AvgIpc) is 3.09. The number of carbonyl (C=O) groups is 1. The number of methoxy groups -OCH3 is 1. The summed E-state index contributed by atoms with van der Waals surface area (Å²) in [6.45, 7) is 1.33. The summed E-state index contributed by atoms with van der Waals surface area (Å²) in [6.07, 6.45) is 3.17. The van der Waals surface area contributed by atoms with E-state index < -0.39 is 9.84 Å². The number of nitrogens with zero attached hydrogens (tertiary/aromatic N) is 1. The predicted octanol–water partition coefficient (Wildman–Crippen LogP) is 3.01. The Morgan fingerprint density at radius 1 is 1.08 bits per heavy atom. The van der Waals surface area contributed by atoms with Crippen molar-refractivity contribution >= 4 is 15.7 Å². The van der Waals surface area contributed by atoms with Crippen molar-refractivity contribution in [1.82, 2.24) is 4.90 Å². The fourth-order valence-electron chi connectivity index (χ4n) is 3.33. The molecule has 0 unspecified atom stereocenters. The van der Waals surface area contributed by atoms with Crippen molar-refractivity contribution in [3.63, 3.8) is 0 Å². The molecule has 1 aliphatic rings. The molecular formula is C20H23NO4S. The zero-order chi connectivity index (χ0) is 18.7. The maximum Gasteiger partial charge on any atom is 0.254 e. The molecule has 2 aromatic rings. The van der Waals surface area contributed by atoms with Crippen molar-refractivity contribution in [2.24, 2.45) is 0 Å². The smallest absolute Gasteiger partial charge is 0.254 e. The van der Waals surface area contributed by atoms with E-state index in [0.29, 0.717) is 17.1 Å². The molecule has 2 aromatic carbocycles. The van der Waals surface area contributed by atoms with Crippen molar-refractivity contribution in [3.8, 4) is 11.1 Å². The van der Waals surface area contributed by atoms with Crippen LogP contribution < -0.4 is 0 Å². The standard InChI is InChI=1S/C20H23NO4S/c1-25-14-18-4-3-13-21(18)20(22)17-7-5-15(6-8-17)16-9-11-19(12-10-16)26(2,23)24/h5-12,18H,3-4,13-14H2,1-2H3/t18-/m0/s1. The van der Waals surface area contributed by atoms with Crippen LogP contribution in [0.1, 0.15) is 23.2 Å². The second kappa shape index (κ2) is 7.60. The fourth-order valence-corrected chi connectivity index (χ4v) is 3.96. The molecule has 1 saturated heterocycles. The monoisotopic (exact) mass is 373 g/mol. The maximum absolute atomic E-state index is 12.7. The van der Waals surface area contributed by atoms with Gasteiger partial charge in [-0.05, 0) is 48.2 Å². The summed E-state index contributed by atoms with van der Waals surface area (Å²) in [5.41, 5.74) is 2.51. The average molecular weight is 373 g/mol. The minimum atomic E-state index is -3.20. The van der Waals surface area contributed by atoms with Crippen LogP contribution in [0.4, 0.5) is 0 Å². The maximum atomic E-state index is 12.7. The van der Waals surface area contributed by atoms with Crippen LogP contribution in [0.15, 0.2) is 53.4 Å². The van der Waals surface area contributed by atoms with Crippen LogP contribution in [0.5, 0.6) is 0 Å². The molecular weight excluding hydrogens is 350 g/mol. The topological polar surface area (TPSA) is 63.7 Å². The van der Waals surface area contributed by atoms with Crippen molar-refractivity contribution in [2.75, 3.05) is 26.5 Å². The molecule has 0 bridgehead atoms. The Bertz CT molecular complexity index is 873. The molecule has 0 saturated carbocycles. The van der Waals surface area contributed by atoms with Crippen LogP contribution in [0.3, 0.4) is 0 Å². The van der Waals surface area contributed by atoms with E-state index in [1.54, 1.807) is 31.4 Å². The van der Waals surface area contributed by atoms with Gasteiger partial charge in [0.25, 0.3) is 5.91 Å². The summed E-state index contributed by atoms with van der Waals surface area (Å²) in [6, 6.07) is 14.3. The van der Waals surface area contributed by atoms with Gasteiger partial charge in [-0.15, -0.1) is 0 Å². The van der Waals surface area contributed by atoms with Gasteiger partial charge in [-0.1, -0.05) is 24.3 Å². The first kappa shape index (κ1) is 18.6. The number of carbonyl (C=O) groups excluding carboxylic acids is 1. The Labute approximate surface area is 154 Å². The van der Waals surface area contributed by atoms with Crippen LogP contribution in [-0.2, 0) is 14.6 Å². The van der Waals surface area contributed by atoms with Gasteiger partial charge in [-0.3, -0.25) is 4.79 Å². The molecule has 1 fully saturated rings. The van der Waals surface area contributed by atoms with E-state index in [1.807, 2.05) is 29.2 Å². The number of rotatable bonds is 5. The van der Waals surface area contributed by atoms with Crippen molar-refractivity contribution < 1.29 is 17.9 Å². The van der Waals surface area contributed by atoms with Crippen molar-refractivity contribution in [1.29, 1.82) is 0 Å². The van der Waals surface area contributed by atoms with Gasteiger partial charge in [0.1, 0.15) is 0 Å². The lowest BCUT2D eigenvalue weighted by Gasteiger charge is -2.24. The normalized spacial score (nSPS) is 17.5. The first-order valence-corrected chi connectivity index (χ1v) is 10.5. The molecule has 1 amide bonds. The third kappa shape index (κ3) is 3.97. The SMILES string of the molecule is COC[C@@H]1CCCN1C(=O)c1ccc(-c2ccc(S(C)(=O)=O)cc2)cc1. The van der Waals surface area contributed by atoms with E-state index in [2.05, 4.69) is 0 Å². The lowest BCUT2D eigenvalue weighted by atomic mass is 10.0. The van der Waals surface area contributed by atoms with Crippen molar-refractivity contribution in [2.45, 2.75) is 23.8 Å². The van der Waals surface area contributed by atoms with Gasteiger partial charge < -0.3 is 9.64 Å². The molecule has 3 rings (SSSR count). The van der Waals surface area contributed by atoms with Gasteiger partial charge in [0.05, 0.1) is 17.5 Å². The lowest BCUT2D eigenvalue weighted by molar-refractivity contribution is 0.0630. The van der Waals surface area contributed by atoms with Gasteiger partial charge in [0.15, 0.2) is 9.84 Å². The van der Waals surface area contributed by atoms with E-state index in [9.17, 15) is 13.2 Å². The number of hydrogen-bond acceptors (Lipinski definition) is 4. The van der Waals surface area contributed by atoms with Gasteiger partial charge in [-0.2, -0.15) is 0 Å². The molecule has 0 spiro atoms. The highest BCUT2D eigenvalue weighted by atomic mass is 32.2. The summed E-state index contributed by atoms with van der Waals surface area (Å²) in [4.78, 5) is 14.9. The molecule has 26 heavy (non-hydrogen) atoms. The number of sulfone groups is 1. The molecule has 0 radical (unpaired) electrons. The van der Waals surface area contributed by atoms with E-state index in [-0.39, 0.29) is 11.9 Å². The zero-order valence-electron chi connectivity index (χ0n) is 15.0. The quantitative estimate of drug-likeness (QED) is 0.808. The second-order valence-electron chi connectivity index (χ2n) is 6.62. The van der Waals surface area contributed by atoms with E-state index in [0.717, 1.165) is 30.5 Å². The van der Waals surface area contributed by atoms with Gasteiger partial charge in [0, 0.05) is 25.5 Å². The fraction of sp³-hybridized carbons (Fsp3) is 0.350. The summed E-state index contributed by atoms with van der Waals surface area (Å²) in [5, 5.41) is 0. The molecule has 0 N–H and O–H groups in total. The molecule has 1 atom stereocenters. The van der Waals surface area contributed by atoms with Crippen molar-refractivity contribution in [3.05, 3.63) is 54.1 Å². The zero-order valence-corrected chi connectivity index (χ0v) is 15.8. The molecule has 0 aromatic heterocycles. The Kier molecular flexibility index (Phi) is 5.44. The third-order valence-electron chi connectivity index (χ3n) is 4.74. The summed E-state index contributed by atoms with van der Waals surface area (Å²) >= 11 is 0. The molecule has 138 valence electrons. The van der Waals surface area contributed by atoms with E-state index in [1.165, 1.54) is 6.26 Å². The largest absolute Gasteiger partial charge is 0.383 e. The molecule has 1 aliphatic heterocycles. The molecule has 0 aliphatic carbocycles. The Hall–Kier alpha value is -2.18. The number of benzene rings is 2. The lowest BCUT2D eigenvalue weighted by Crippen LogP contribution is -2.38. The van der Waals surface area contributed by atoms with Crippen LogP contribution >= 0.6 is 0 Å². The predicted molar refractivity (Wildman–Crippen MR) is 101 cm³/mol. The highest BCUT2D eigenvalue weighted by Crippen LogP contribution is 2.24. The highest BCUT2D eigenvalue weighted by Gasteiger charge is 2.29. The first-order valence-electron chi connectivity index (χ1n) is 8.60. The molecule has 1 heterocycles. The van der Waals surface area contributed by atoms with E-state index in [4.69, 9.17) is 4.74 Å². The number of amides is 1. The summed E-state index contributed by atoms with van der Waals surface area (Å²) in [7, 11) is -1.54. The molecule has 6 heteroatoms. The van der Waals surface area contributed by atoms with E-state index >= 15 is 0 Å². The first-order chi connectivity index (χ1) is 12.4. The van der Waals surface area contributed by atoms with Gasteiger partial charge >= 0.3 is 0 Å². The second-order valence-corrected chi connectivity index (χ2v) is 8.64. The summed E-state index contributed by atoms with van der Waals surface area (Å²) < 4.78 is 28.3. The number of likely N-dealkylation sites (tertiary alicyclic amines) is 1. The minimum Gasteiger partial charge on any atom is -0.383 e. The van der Waals surface area contributed by atoms with Gasteiger partial charge in [-0.25, -0.2) is 8.42 Å². The molecule has 5 nitrogen and oxygen atoms in total. The van der Waals surface area contributed by atoms with Crippen LogP contribution in [0, 0.1) is 0 Å². The highest BCUT2D eigenvalue weighted by molar-refractivity contribution is 7.90. The summed E-state index contributed by atoms with van der Waals surface area (Å²) in [5.74, 6) is 0.0310. The number of hydrogen-bond donors (Lipinski definition) is 0. The van der Waals surface area contributed by atoms with Gasteiger partial charge in [0.2, 0.25) is 0 Å². The van der Waals surface area contributed by atoms with Crippen LogP contribution in [0.2, 0.25) is 0 Å². The third-order valence-corrected chi connectivity index (χ3v) is 5.87. The Balaban J connectivity index is 1.77. The number of ether oxygens (including phenoxy) is 1.